The van der Waals surface area contributed by atoms with Crippen molar-refractivity contribution in [3.8, 4) is 0 Å². The Bertz CT molecular complexity index is 397. The van der Waals surface area contributed by atoms with Crippen LogP contribution in [-0.4, -0.2) is 18.6 Å². The van der Waals surface area contributed by atoms with E-state index in [1.807, 2.05) is 11.8 Å². The lowest BCUT2D eigenvalue weighted by molar-refractivity contribution is 0.235. The second-order valence-electron chi connectivity index (χ2n) is 6.13. The number of rotatable bonds is 5. The lowest BCUT2D eigenvalue weighted by atomic mass is 9.74. The van der Waals surface area contributed by atoms with Gasteiger partial charge in [0, 0.05) is 18.0 Å². The minimum Gasteiger partial charge on any atom is -0.466 e. The van der Waals surface area contributed by atoms with Crippen LogP contribution in [0.5, 0.6) is 0 Å². The molecule has 0 fully saturated rings. The van der Waals surface area contributed by atoms with Gasteiger partial charge in [0.1, 0.15) is 11.5 Å². The first-order chi connectivity index (χ1) is 8.52. The third-order valence-electron chi connectivity index (χ3n) is 3.65. The molecule has 0 spiro atoms. The standard InChI is InChI=1S/C15H25NOS/c1-11-8-12-13(16-6-5-7-18-4)9-15(2,3)10-14(12)17-11/h8,13,16H,5-7,9-10H2,1-4H3. The molecule has 0 aromatic carbocycles. The number of nitrogens with one attached hydrogen (secondary N) is 1. The normalized spacial score (nSPS) is 21.9. The van der Waals surface area contributed by atoms with Crippen LogP contribution in [0, 0.1) is 12.3 Å². The lowest BCUT2D eigenvalue weighted by Crippen LogP contribution is -2.33. The second-order valence-corrected chi connectivity index (χ2v) is 7.12. The van der Waals surface area contributed by atoms with E-state index in [1.54, 1.807) is 0 Å². The van der Waals surface area contributed by atoms with Crippen LogP contribution in [0.1, 0.15) is 49.8 Å². The van der Waals surface area contributed by atoms with Crippen molar-refractivity contribution in [1.29, 1.82) is 0 Å². The van der Waals surface area contributed by atoms with Crippen molar-refractivity contribution in [2.45, 2.75) is 46.1 Å². The molecule has 2 nitrogen and oxygen atoms in total. The number of hydrogen-bond donors (Lipinski definition) is 1. The van der Waals surface area contributed by atoms with E-state index >= 15 is 0 Å². The molecule has 1 heterocycles. The van der Waals surface area contributed by atoms with Gasteiger partial charge in [-0.15, -0.1) is 0 Å². The Hall–Kier alpha value is -0.410. The highest BCUT2D eigenvalue weighted by molar-refractivity contribution is 7.98. The first-order valence-electron chi connectivity index (χ1n) is 6.83. The van der Waals surface area contributed by atoms with Crippen LogP contribution in [0.25, 0.3) is 0 Å². The molecule has 0 saturated heterocycles. The van der Waals surface area contributed by atoms with Gasteiger partial charge in [-0.05, 0) is 49.8 Å². The smallest absolute Gasteiger partial charge is 0.109 e. The fourth-order valence-corrected chi connectivity index (χ4v) is 3.29. The zero-order valence-corrected chi connectivity index (χ0v) is 12.8. The van der Waals surface area contributed by atoms with Gasteiger partial charge in [-0.3, -0.25) is 0 Å². The third-order valence-corrected chi connectivity index (χ3v) is 4.35. The van der Waals surface area contributed by atoms with Crippen molar-refractivity contribution < 1.29 is 4.42 Å². The highest BCUT2D eigenvalue weighted by Crippen LogP contribution is 2.41. The van der Waals surface area contributed by atoms with E-state index in [0.717, 1.165) is 18.7 Å². The van der Waals surface area contributed by atoms with Gasteiger partial charge in [-0.2, -0.15) is 11.8 Å². The molecule has 2 rings (SSSR count). The molecule has 0 amide bonds. The summed E-state index contributed by atoms with van der Waals surface area (Å²) in [6.45, 7) is 7.83. The molecule has 1 atom stereocenters. The molecule has 1 unspecified atom stereocenters. The summed E-state index contributed by atoms with van der Waals surface area (Å²) >= 11 is 1.92. The van der Waals surface area contributed by atoms with E-state index in [2.05, 4.69) is 38.4 Å². The molecule has 0 aliphatic heterocycles. The topological polar surface area (TPSA) is 25.2 Å². The van der Waals surface area contributed by atoms with Gasteiger partial charge in [0.05, 0.1) is 0 Å². The van der Waals surface area contributed by atoms with Crippen molar-refractivity contribution >= 4 is 11.8 Å². The van der Waals surface area contributed by atoms with Gasteiger partial charge in [0.25, 0.3) is 0 Å². The van der Waals surface area contributed by atoms with Gasteiger partial charge >= 0.3 is 0 Å². The molecule has 1 aliphatic carbocycles. The van der Waals surface area contributed by atoms with Crippen molar-refractivity contribution in [1.82, 2.24) is 5.32 Å². The first kappa shape index (κ1) is 14.0. The lowest BCUT2D eigenvalue weighted by Gasteiger charge is -2.34. The average Bonchev–Trinajstić information content (AvgIpc) is 2.63. The maximum Gasteiger partial charge on any atom is 0.109 e. The molecule has 1 aromatic heterocycles. The quantitative estimate of drug-likeness (QED) is 0.818. The maximum atomic E-state index is 5.86. The van der Waals surface area contributed by atoms with E-state index in [-0.39, 0.29) is 0 Å². The fourth-order valence-electron chi connectivity index (χ4n) is 2.86. The zero-order valence-electron chi connectivity index (χ0n) is 12.0. The number of aryl methyl sites for hydroxylation is 1. The summed E-state index contributed by atoms with van der Waals surface area (Å²) in [7, 11) is 0. The number of fused-ring (bicyclic) bond motifs is 1. The first-order valence-corrected chi connectivity index (χ1v) is 8.23. The zero-order chi connectivity index (χ0) is 13.2. The Labute approximate surface area is 115 Å². The maximum absolute atomic E-state index is 5.86. The van der Waals surface area contributed by atoms with Crippen molar-refractivity contribution in [2.24, 2.45) is 5.41 Å². The molecule has 1 N–H and O–H groups in total. The van der Waals surface area contributed by atoms with E-state index in [0.29, 0.717) is 11.5 Å². The summed E-state index contributed by atoms with van der Waals surface area (Å²) in [4.78, 5) is 0. The molecular weight excluding hydrogens is 242 g/mol. The van der Waals surface area contributed by atoms with E-state index in [9.17, 15) is 0 Å². The molecule has 0 bridgehead atoms. The van der Waals surface area contributed by atoms with Gasteiger partial charge in [0.15, 0.2) is 0 Å². The van der Waals surface area contributed by atoms with E-state index in [4.69, 9.17) is 4.42 Å². The Morgan fingerprint density at radius 1 is 1.50 bits per heavy atom. The fraction of sp³-hybridized carbons (Fsp3) is 0.733. The number of hydrogen-bond acceptors (Lipinski definition) is 3. The largest absolute Gasteiger partial charge is 0.466 e. The van der Waals surface area contributed by atoms with Gasteiger partial charge in [0.2, 0.25) is 0 Å². The molecule has 3 heteroatoms. The van der Waals surface area contributed by atoms with Crippen LogP contribution in [0.3, 0.4) is 0 Å². The van der Waals surface area contributed by atoms with Crippen molar-refractivity contribution in [3.05, 3.63) is 23.2 Å². The van der Waals surface area contributed by atoms with E-state index < -0.39 is 0 Å². The van der Waals surface area contributed by atoms with Crippen LogP contribution in [0.15, 0.2) is 10.5 Å². The predicted octanol–water partition coefficient (Wildman–Crippen LogP) is 3.94. The van der Waals surface area contributed by atoms with Crippen LogP contribution < -0.4 is 5.32 Å². The van der Waals surface area contributed by atoms with Crippen molar-refractivity contribution in [3.63, 3.8) is 0 Å². The average molecular weight is 267 g/mol. The Kier molecular flexibility index (Phi) is 4.44. The Morgan fingerprint density at radius 2 is 2.28 bits per heavy atom. The second kappa shape index (κ2) is 5.70. The Morgan fingerprint density at radius 3 is 3.00 bits per heavy atom. The number of thioether (sulfide) groups is 1. The molecule has 1 aliphatic rings. The summed E-state index contributed by atoms with van der Waals surface area (Å²) in [5, 5.41) is 3.71. The molecule has 18 heavy (non-hydrogen) atoms. The summed E-state index contributed by atoms with van der Waals surface area (Å²) in [6.07, 6.45) is 5.68. The molecule has 1 aromatic rings. The monoisotopic (exact) mass is 267 g/mol. The summed E-state index contributed by atoms with van der Waals surface area (Å²) in [5.74, 6) is 3.49. The minimum absolute atomic E-state index is 0.342. The highest BCUT2D eigenvalue weighted by atomic mass is 32.2. The third kappa shape index (κ3) is 3.33. The summed E-state index contributed by atoms with van der Waals surface area (Å²) in [5.41, 5.74) is 1.74. The van der Waals surface area contributed by atoms with Gasteiger partial charge < -0.3 is 9.73 Å². The number of furan rings is 1. The van der Waals surface area contributed by atoms with Gasteiger partial charge in [-0.1, -0.05) is 13.8 Å². The van der Waals surface area contributed by atoms with Gasteiger partial charge in [-0.25, -0.2) is 0 Å². The molecule has 0 saturated carbocycles. The molecule has 102 valence electrons. The highest BCUT2D eigenvalue weighted by Gasteiger charge is 2.34. The summed E-state index contributed by atoms with van der Waals surface area (Å²) in [6, 6.07) is 2.69. The van der Waals surface area contributed by atoms with Crippen molar-refractivity contribution in [2.75, 3.05) is 18.6 Å². The Balaban J connectivity index is 2.04. The van der Waals surface area contributed by atoms with Crippen LogP contribution >= 0.6 is 11.8 Å². The predicted molar refractivity (Wildman–Crippen MR) is 79.3 cm³/mol. The molecular formula is C15H25NOS. The van der Waals surface area contributed by atoms with E-state index in [1.165, 1.54) is 29.9 Å². The van der Waals surface area contributed by atoms with Crippen LogP contribution in [-0.2, 0) is 6.42 Å². The van der Waals surface area contributed by atoms with Crippen LogP contribution in [0.2, 0.25) is 0 Å². The molecule has 0 radical (unpaired) electrons. The van der Waals surface area contributed by atoms with Crippen LogP contribution in [0.4, 0.5) is 0 Å². The summed E-state index contributed by atoms with van der Waals surface area (Å²) < 4.78 is 5.86. The SMILES string of the molecule is CSCCCNC1CC(C)(C)Cc2oc(C)cc21. The minimum atomic E-state index is 0.342.